The summed E-state index contributed by atoms with van der Waals surface area (Å²) in [7, 11) is -2.82. The summed E-state index contributed by atoms with van der Waals surface area (Å²) in [5.74, 6) is 0.297. The number of carbonyl (C=O) groups excluding carboxylic acids is 1. The average molecular weight is 739 g/mol. The molecule has 0 atom stereocenters. The molecule has 0 unspecified atom stereocenters. The molecule has 1 amide bonds. The van der Waals surface area contributed by atoms with Crippen molar-refractivity contribution in [2.45, 2.75) is 31.1 Å². The molecule has 4 aromatic heterocycles. The van der Waals surface area contributed by atoms with E-state index in [4.69, 9.17) is 18.9 Å². The third-order valence-electron chi connectivity index (χ3n) is 7.38. The normalized spacial score (nSPS) is 11.4. The standard InChI is InChI=1S/C35H34N10O7S/c1-35(2,3)22-15-17-23(18-16-22)53(47,48)43-32-29(52-27-13-6-5-12-26(27)49-4)33(50-20-21-51-34(46)38-28-14-7-8-19-36-28)40-30(39-32)24-10-9-11-25(37-24)31-41-44-45-42-31/h5-19H,20-21H2,1-4H3,(H,36,38,46)(H,39,40,43)(H,41,42,44,45). The van der Waals surface area contributed by atoms with E-state index in [2.05, 4.69) is 50.6 Å². The van der Waals surface area contributed by atoms with Gasteiger partial charge < -0.3 is 18.9 Å². The number of pyridine rings is 2. The molecule has 3 N–H and O–H groups in total. The van der Waals surface area contributed by atoms with E-state index < -0.39 is 16.1 Å². The van der Waals surface area contributed by atoms with Gasteiger partial charge in [0, 0.05) is 6.20 Å². The molecular weight excluding hydrogens is 705 g/mol. The number of para-hydroxylation sites is 2. The van der Waals surface area contributed by atoms with Crippen LogP contribution in [0.5, 0.6) is 23.1 Å². The van der Waals surface area contributed by atoms with Gasteiger partial charge in [0.2, 0.25) is 11.6 Å². The number of anilines is 2. The number of sulfonamides is 1. The van der Waals surface area contributed by atoms with Crippen LogP contribution in [0.25, 0.3) is 23.0 Å². The van der Waals surface area contributed by atoms with Crippen molar-refractivity contribution in [3.8, 4) is 46.2 Å². The van der Waals surface area contributed by atoms with E-state index in [1.54, 1.807) is 72.8 Å². The number of carbonyl (C=O) groups is 1. The Kier molecular flexibility index (Phi) is 10.7. The minimum Gasteiger partial charge on any atom is -0.493 e. The number of H-pyrrole nitrogens is 1. The maximum Gasteiger partial charge on any atom is 0.412 e. The molecule has 6 aromatic rings. The summed E-state index contributed by atoms with van der Waals surface area (Å²) in [4.78, 5) is 30.1. The summed E-state index contributed by atoms with van der Waals surface area (Å²) in [6.45, 7) is 5.61. The summed E-state index contributed by atoms with van der Waals surface area (Å²) in [5.41, 5.74) is 1.29. The lowest BCUT2D eigenvalue weighted by Crippen LogP contribution is -2.19. The first-order chi connectivity index (χ1) is 25.5. The lowest BCUT2D eigenvalue weighted by atomic mass is 9.87. The molecule has 2 aromatic carbocycles. The molecule has 17 nitrogen and oxygen atoms in total. The molecule has 6 rings (SSSR count). The highest BCUT2D eigenvalue weighted by Gasteiger charge is 2.27. The number of ether oxygens (including phenoxy) is 4. The quantitative estimate of drug-likeness (QED) is 0.122. The Morgan fingerprint density at radius 2 is 1.57 bits per heavy atom. The van der Waals surface area contributed by atoms with Crippen LogP contribution in [0.3, 0.4) is 0 Å². The van der Waals surface area contributed by atoms with E-state index in [0.717, 1.165) is 5.56 Å². The number of nitrogens with zero attached hydrogens (tertiary/aromatic N) is 7. The number of hydrogen-bond donors (Lipinski definition) is 3. The Hall–Kier alpha value is -6.69. The maximum atomic E-state index is 13.9. The Balaban J connectivity index is 1.40. The van der Waals surface area contributed by atoms with Crippen molar-refractivity contribution in [1.82, 2.24) is 40.6 Å². The van der Waals surface area contributed by atoms with Crippen LogP contribution < -0.4 is 24.2 Å². The zero-order valence-corrected chi connectivity index (χ0v) is 29.8. The van der Waals surface area contributed by atoms with Gasteiger partial charge in [0.05, 0.1) is 12.0 Å². The van der Waals surface area contributed by atoms with Crippen molar-refractivity contribution in [3.05, 3.63) is 96.7 Å². The largest absolute Gasteiger partial charge is 0.493 e. The minimum atomic E-state index is -4.27. The molecule has 0 aliphatic rings. The van der Waals surface area contributed by atoms with Crippen molar-refractivity contribution in [2.75, 3.05) is 30.4 Å². The number of tetrazole rings is 1. The molecular formula is C35H34N10O7S. The van der Waals surface area contributed by atoms with Crippen LogP contribution in [-0.2, 0) is 20.2 Å². The number of aromatic amines is 1. The fraction of sp³-hybridized carbons (Fsp3) is 0.200. The van der Waals surface area contributed by atoms with Crippen molar-refractivity contribution in [2.24, 2.45) is 0 Å². The zero-order chi connectivity index (χ0) is 37.4. The molecule has 0 saturated carbocycles. The second-order valence-corrected chi connectivity index (χ2v) is 13.8. The molecule has 272 valence electrons. The lowest BCUT2D eigenvalue weighted by molar-refractivity contribution is 0.135. The minimum absolute atomic E-state index is 0.0269. The summed E-state index contributed by atoms with van der Waals surface area (Å²) in [6, 6.07) is 23.2. The van der Waals surface area contributed by atoms with Crippen molar-refractivity contribution in [1.29, 1.82) is 0 Å². The number of methoxy groups -OCH3 is 1. The van der Waals surface area contributed by atoms with Crippen LogP contribution in [0.1, 0.15) is 26.3 Å². The van der Waals surface area contributed by atoms with Crippen LogP contribution in [0.2, 0.25) is 0 Å². The lowest BCUT2D eigenvalue weighted by Gasteiger charge is -2.20. The molecule has 4 heterocycles. The van der Waals surface area contributed by atoms with E-state index in [9.17, 15) is 13.2 Å². The fourth-order valence-corrected chi connectivity index (χ4v) is 5.75. The molecule has 0 aliphatic heterocycles. The SMILES string of the molecule is COc1ccccc1Oc1c(NS(=O)(=O)c2ccc(C(C)(C)C)cc2)nc(-c2cccc(-c3nn[nH]n3)n2)nc1OCCOC(=O)Nc1ccccn1. The van der Waals surface area contributed by atoms with Crippen molar-refractivity contribution >= 4 is 27.8 Å². The molecule has 53 heavy (non-hydrogen) atoms. The first-order valence-corrected chi connectivity index (χ1v) is 17.5. The summed E-state index contributed by atoms with van der Waals surface area (Å²) in [5, 5.41) is 16.4. The molecule has 18 heteroatoms. The van der Waals surface area contributed by atoms with Gasteiger partial charge in [-0.2, -0.15) is 10.2 Å². The van der Waals surface area contributed by atoms with Gasteiger partial charge in [-0.25, -0.2) is 28.2 Å². The summed E-state index contributed by atoms with van der Waals surface area (Å²) >= 11 is 0. The maximum absolute atomic E-state index is 13.9. The highest BCUT2D eigenvalue weighted by Crippen LogP contribution is 2.41. The van der Waals surface area contributed by atoms with E-state index in [-0.39, 0.29) is 64.1 Å². The topological polar surface area (TPSA) is 218 Å². The van der Waals surface area contributed by atoms with Crippen LogP contribution in [0.15, 0.2) is 96.0 Å². The van der Waals surface area contributed by atoms with Gasteiger partial charge in [0.15, 0.2) is 23.1 Å². The number of nitrogens with one attached hydrogen (secondary N) is 3. The fourth-order valence-electron chi connectivity index (χ4n) is 4.74. The second kappa shape index (κ2) is 15.7. The van der Waals surface area contributed by atoms with E-state index in [1.165, 1.54) is 25.4 Å². The predicted octanol–water partition coefficient (Wildman–Crippen LogP) is 5.64. The van der Waals surface area contributed by atoms with Crippen LogP contribution >= 0.6 is 0 Å². The monoisotopic (exact) mass is 738 g/mol. The number of aromatic nitrogens is 8. The highest BCUT2D eigenvalue weighted by molar-refractivity contribution is 7.92. The number of amides is 1. The molecule has 0 aliphatic carbocycles. The Labute approximate surface area is 304 Å². The van der Waals surface area contributed by atoms with E-state index in [1.807, 2.05) is 20.8 Å². The van der Waals surface area contributed by atoms with Gasteiger partial charge in [-0.1, -0.05) is 57.2 Å². The molecule has 0 bridgehead atoms. The van der Waals surface area contributed by atoms with Gasteiger partial charge in [-0.05, 0) is 64.7 Å². The third kappa shape index (κ3) is 8.98. The number of hydrogen-bond acceptors (Lipinski definition) is 14. The first kappa shape index (κ1) is 36.1. The molecule has 0 saturated heterocycles. The van der Waals surface area contributed by atoms with Gasteiger partial charge in [0.1, 0.15) is 30.4 Å². The van der Waals surface area contributed by atoms with Crippen molar-refractivity contribution in [3.63, 3.8) is 0 Å². The number of benzene rings is 2. The van der Waals surface area contributed by atoms with Gasteiger partial charge in [0.25, 0.3) is 15.9 Å². The van der Waals surface area contributed by atoms with E-state index in [0.29, 0.717) is 17.3 Å². The predicted molar refractivity (Wildman–Crippen MR) is 192 cm³/mol. The van der Waals surface area contributed by atoms with Crippen LogP contribution in [0.4, 0.5) is 16.4 Å². The van der Waals surface area contributed by atoms with Gasteiger partial charge in [-0.3, -0.25) is 10.0 Å². The average Bonchev–Trinajstić information content (AvgIpc) is 3.70. The highest BCUT2D eigenvalue weighted by atomic mass is 32.2. The second-order valence-electron chi connectivity index (χ2n) is 12.1. The van der Waals surface area contributed by atoms with Crippen LogP contribution in [-0.4, -0.2) is 75.4 Å². The Bertz CT molecular complexity index is 2290. The Morgan fingerprint density at radius 3 is 2.25 bits per heavy atom. The summed E-state index contributed by atoms with van der Waals surface area (Å²) in [6.07, 6.45) is 0.753. The van der Waals surface area contributed by atoms with Crippen LogP contribution in [0, 0.1) is 0 Å². The third-order valence-corrected chi connectivity index (χ3v) is 8.74. The zero-order valence-electron chi connectivity index (χ0n) is 29.0. The van der Waals surface area contributed by atoms with Gasteiger partial charge in [-0.15, -0.1) is 10.2 Å². The smallest absolute Gasteiger partial charge is 0.412 e. The van der Waals surface area contributed by atoms with E-state index >= 15 is 0 Å². The molecule has 0 fully saturated rings. The Morgan fingerprint density at radius 1 is 0.830 bits per heavy atom. The van der Waals surface area contributed by atoms with Gasteiger partial charge >= 0.3 is 6.09 Å². The first-order valence-electron chi connectivity index (χ1n) is 16.1. The molecule has 0 spiro atoms. The molecule has 0 radical (unpaired) electrons. The van der Waals surface area contributed by atoms with Crippen molar-refractivity contribution < 1.29 is 32.2 Å². The number of rotatable bonds is 13. The summed E-state index contributed by atoms with van der Waals surface area (Å²) < 4.78 is 53.5.